The van der Waals surface area contributed by atoms with Gasteiger partial charge in [0, 0.05) is 50.4 Å². The highest BCUT2D eigenvalue weighted by Gasteiger charge is 2.15. The highest BCUT2D eigenvalue weighted by atomic mass is 16.5. The molecule has 1 fully saturated rings. The number of hydrazone groups is 1. The van der Waals surface area contributed by atoms with Gasteiger partial charge in [0.15, 0.2) is 0 Å². The minimum absolute atomic E-state index is 0.927. The summed E-state index contributed by atoms with van der Waals surface area (Å²) in [6.07, 6.45) is 3.90. The largest absolute Gasteiger partial charge is 0.361 e. The van der Waals surface area contributed by atoms with E-state index in [1.54, 1.807) is 0 Å². The van der Waals surface area contributed by atoms with Crippen LogP contribution in [0.5, 0.6) is 0 Å². The number of aromatic nitrogens is 1. The molecular weight excluding hydrogens is 300 g/mol. The average Bonchev–Trinajstić information content (AvgIpc) is 3.06. The maximum absolute atomic E-state index is 5.49. The summed E-state index contributed by atoms with van der Waals surface area (Å²) < 4.78 is 5.49. The Morgan fingerprint density at radius 1 is 1.17 bits per heavy atom. The zero-order valence-electron chi connectivity index (χ0n) is 14.6. The molecule has 1 saturated heterocycles. The Morgan fingerprint density at radius 2 is 1.92 bits per heavy atom. The number of hydrogen-bond donors (Lipinski definition) is 0. The zero-order chi connectivity index (χ0) is 16.8. The van der Waals surface area contributed by atoms with Crippen LogP contribution in [0.2, 0.25) is 0 Å². The maximum Gasteiger partial charge on any atom is 0.137 e. The van der Waals surface area contributed by atoms with E-state index in [4.69, 9.17) is 4.52 Å². The second-order valence-corrected chi connectivity index (χ2v) is 6.32. The molecule has 0 unspecified atom stereocenters. The molecule has 2 heterocycles. The molecule has 0 saturated carbocycles. The minimum atomic E-state index is 0.927. The van der Waals surface area contributed by atoms with Crippen molar-refractivity contribution in [3.63, 3.8) is 0 Å². The molecule has 1 aromatic heterocycles. The molecule has 1 aromatic carbocycles. The lowest BCUT2D eigenvalue weighted by atomic mass is 10.1. The van der Waals surface area contributed by atoms with Crippen molar-refractivity contribution >= 4 is 6.21 Å². The monoisotopic (exact) mass is 326 g/mol. The second-order valence-electron chi connectivity index (χ2n) is 6.32. The molecule has 1 aliphatic heterocycles. The van der Waals surface area contributed by atoms with Crippen LogP contribution in [0.3, 0.4) is 0 Å². The van der Waals surface area contributed by atoms with Crippen LogP contribution in [0.4, 0.5) is 0 Å². The van der Waals surface area contributed by atoms with E-state index in [-0.39, 0.29) is 0 Å². The topological polar surface area (TPSA) is 44.9 Å². The first-order chi connectivity index (χ1) is 11.7. The molecule has 0 radical (unpaired) electrons. The van der Waals surface area contributed by atoms with Crippen LogP contribution in [0, 0.1) is 6.92 Å². The number of hydrogen-bond acceptors (Lipinski definition) is 5. The normalized spacial score (nSPS) is 16.2. The number of aryl methyl sites for hydroxylation is 2. The molecule has 128 valence electrons. The molecule has 3 rings (SSSR count). The van der Waals surface area contributed by atoms with Gasteiger partial charge >= 0.3 is 0 Å². The van der Waals surface area contributed by atoms with Gasteiger partial charge in [0.05, 0.1) is 0 Å². The Hall–Kier alpha value is -2.14. The summed E-state index contributed by atoms with van der Waals surface area (Å²) in [5.41, 5.74) is 3.30. The predicted molar refractivity (Wildman–Crippen MR) is 97.2 cm³/mol. The molecule has 0 bridgehead atoms. The van der Waals surface area contributed by atoms with E-state index in [0.29, 0.717) is 0 Å². The first kappa shape index (κ1) is 16.7. The molecule has 2 aromatic rings. The van der Waals surface area contributed by atoms with Gasteiger partial charge in [0.1, 0.15) is 11.5 Å². The molecule has 1 aliphatic rings. The van der Waals surface area contributed by atoms with Crippen molar-refractivity contribution in [2.24, 2.45) is 5.10 Å². The smallest absolute Gasteiger partial charge is 0.137 e. The fraction of sp³-hybridized carbons (Fsp3) is 0.474. The van der Waals surface area contributed by atoms with Gasteiger partial charge in [-0.2, -0.15) is 5.10 Å². The predicted octanol–water partition coefficient (Wildman–Crippen LogP) is 3.21. The highest BCUT2D eigenvalue weighted by molar-refractivity contribution is 5.59. The van der Waals surface area contributed by atoms with Crippen molar-refractivity contribution in [3.8, 4) is 11.3 Å². The third-order valence-electron chi connectivity index (χ3n) is 4.43. The second kappa shape index (κ2) is 8.11. The molecule has 0 aliphatic carbocycles. The van der Waals surface area contributed by atoms with E-state index in [9.17, 15) is 0 Å². The summed E-state index contributed by atoms with van der Waals surface area (Å²) in [6, 6.07) is 10.5. The quantitative estimate of drug-likeness (QED) is 0.765. The summed E-state index contributed by atoms with van der Waals surface area (Å²) in [6.45, 7) is 9.37. The van der Waals surface area contributed by atoms with Gasteiger partial charge in [-0.15, -0.1) is 0 Å². The van der Waals surface area contributed by atoms with Gasteiger partial charge in [-0.25, -0.2) is 0 Å². The average molecular weight is 326 g/mol. The van der Waals surface area contributed by atoms with Gasteiger partial charge < -0.3 is 4.52 Å². The van der Waals surface area contributed by atoms with Crippen LogP contribution >= 0.6 is 0 Å². The number of benzene rings is 1. The lowest BCUT2D eigenvalue weighted by Crippen LogP contribution is -2.44. The molecule has 5 nitrogen and oxygen atoms in total. The van der Waals surface area contributed by atoms with E-state index in [1.807, 2.05) is 13.1 Å². The van der Waals surface area contributed by atoms with Crippen LogP contribution in [0.1, 0.15) is 24.7 Å². The fourth-order valence-electron chi connectivity index (χ4n) is 3.01. The van der Waals surface area contributed by atoms with Crippen molar-refractivity contribution < 1.29 is 4.52 Å². The van der Waals surface area contributed by atoms with Gasteiger partial charge in [-0.3, -0.25) is 9.91 Å². The Morgan fingerprint density at radius 3 is 2.62 bits per heavy atom. The van der Waals surface area contributed by atoms with Gasteiger partial charge in [0.2, 0.25) is 0 Å². The Labute approximate surface area is 143 Å². The van der Waals surface area contributed by atoms with Crippen LogP contribution in [-0.4, -0.2) is 54.0 Å². The summed E-state index contributed by atoms with van der Waals surface area (Å²) in [5.74, 6) is 0.972. The summed E-state index contributed by atoms with van der Waals surface area (Å²) >= 11 is 0. The summed E-state index contributed by atoms with van der Waals surface area (Å²) in [5, 5.41) is 10.7. The number of rotatable bonds is 6. The van der Waals surface area contributed by atoms with Crippen LogP contribution in [0.25, 0.3) is 11.3 Å². The van der Waals surface area contributed by atoms with Crippen molar-refractivity contribution in [2.45, 2.75) is 26.7 Å². The first-order valence-corrected chi connectivity index (χ1v) is 8.73. The van der Waals surface area contributed by atoms with Crippen molar-refractivity contribution in [3.05, 3.63) is 41.7 Å². The van der Waals surface area contributed by atoms with E-state index in [1.165, 1.54) is 5.56 Å². The highest BCUT2D eigenvalue weighted by Crippen LogP contribution is 2.20. The van der Waals surface area contributed by atoms with Crippen molar-refractivity contribution in [2.75, 3.05) is 32.7 Å². The minimum Gasteiger partial charge on any atom is -0.361 e. The SMILES string of the molecule is C/C=N/N1CCN(CCCc2cc(-c3ccc(C)cc3)no2)CC1. The van der Waals surface area contributed by atoms with E-state index >= 15 is 0 Å². The Bertz CT molecular complexity index is 654. The van der Waals surface area contributed by atoms with E-state index in [0.717, 1.165) is 62.6 Å². The van der Waals surface area contributed by atoms with Gasteiger partial charge in [0.25, 0.3) is 0 Å². The van der Waals surface area contributed by atoms with E-state index < -0.39 is 0 Å². The Balaban J connectivity index is 1.44. The first-order valence-electron chi connectivity index (χ1n) is 8.73. The number of piperazine rings is 1. The molecule has 5 heteroatoms. The summed E-state index contributed by atoms with van der Waals surface area (Å²) in [4.78, 5) is 2.50. The Kier molecular flexibility index (Phi) is 5.64. The lowest BCUT2D eigenvalue weighted by Gasteiger charge is -2.32. The molecule has 0 spiro atoms. The summed E-state index contributed by atoms with van der Waals surface area (Å²) in [7, 11) is 0. The van der Waals surface area contributed by atoms with Crippen molar-refractivity contribution in [1.29, 1.82) is 0 Å². The molecular formula is C19H26N4O. The van der Waals surface area contributed by atoms with Crippen molar-refractivity contribution in [1.82, 2.24) is 15.1 Å². The van der Waals surface area contributed by atoms with E-state index in [2.05, 4.69) is 57.4 Å². The van der Waals surface area contributed by atoms with Gasteiger partial charge in [-0.1, -0.05) is 35.0 Å². The lowest BCUT2D eigenvalue weighted by molar-refractivity contribution is 0.135. The molecule has 0 atom stereocenters. The number of nitrogens with zero attached hydrogens (tertiary/aromatic N) is 4. The maximum atomic E-state index is 5.49. The molecule has 0 amide bonds. The van der Waals surface area contributed by atoms with Crippen LogP contribution in [-0.2, 0) is 6.42 Å². The third kappa shape index (κ3) is 4.45. The zero-order valence-corrected chi connectivity index (χ0v) is 14.6. The van der Waals surface area contributed by atoms with Gasteiger partial charge in [-0.05, 0) is 26.8 Å². The van der Waals surface area contributed by atoms with Crippen LogP contribution < -0.4 is 0 Å². The third-order valence-corrected chi connectivity index (χ3v) is 4.43. The fourth-order valence-corrected chi connectivity index (χ4v) is 3.01. The molecule has 0 N–H and O–H groups in total. The molecule has 24 heavy (non-hydrogen) atoms. The standard InChI is InChI=1S/C19H26N4O/c1-3-20-23-13-11-22(12-14-23)10-4-5-18-15-19(21-24-18)17-8-6-16(2)7-9-17/h3,6-9,15H,4-5,10-14H2,1-2H3/b20-3+. The van der Waals surface area contributed by atoms with Crippen LogP contribution in [0.15, 0.2) is 40.0 Å².